The normalized spacial score (nSPS) is 21.0. The zero-order chi connectivity index (χ0) is 20.3. The van der Waals surface area contributed by atoms with Gasteiger partial charge in [-0.1, -0.05) is 36.2 Å². The topological polar surface area (TPSA) is 100 Å². The summed E-state index contributed by atoms with van der Waals surface area (Å²) in [4.78, 5) is 31.8. The van der Waals surface area contributed by atoms with Gasteiger partial charge < -0.3 is 20.1 Å². The second-order valence-corrected chi connectivity index (χ2v) is 8.00. The summed E-state index contributed by atoms with van der Waals surface area (Å²) in [5, 5.41) is 10.2. The lowest BCUT2D eigenvalue weighted by atomic mass is 9.92. The van der Waals surface area contributed by atoms with E-state index in [1.165, 1.54) is 0 Å². The number of nitrogens with zero attached hydrogens (tertiary/aromatic N) is 3. The van der Waals surface area contributed by atoms with Gasteiger partial charge >= 0.3 is 6.03 Å². The second-order valence-electron chi connectivity index (χ2n) is 8.00. The summed E-state index contributed by atoms with van der Waals surface area (Å²) in [5.41, 5.74) is 0.199. The Morgan fingerprint density at radius 1 is 1.17 bits per heavy atom. The van der Waals surface area contributed by atoms with Gasteiger partial charge in [0.15, 0.2) is 5.82 Å². The van der Waals surface area contributed by atoms with Crippen molar-refractivity contribution in [2.45, 2.75) is 51.0 Å². The Labute approximate surface area is 170 Å². The quantitative estimate of drug-likeness (QED) is 0.825. The van der Waals surface area contributed by atoms with Crippen LogP contribution in [0.25, 0.3) is 0 Å². The van der Waals surface area contributed by atoms with E-state index in [-0.39, 0.29) is 17.9 Å². The highest BCUT2D eigenvalue weighted by atomic mass is 16.5. The Balaban J connectivity index is 1.41. The molecule has 154 valence electrons. The lowest BCUT2D eigenvalue weighted by Crippen LogP contribution is -2.51. The van der Waals surface area contributed by atoms with E-state index in [2.05, 4.69) is 20.8 Å². The number of carbonyl (C=O) groups excluding carboxylic acids is 2. The van der Waals surface area contributed by atoms with Crippen molar-refractivity contribution in [3.05, 3.63) is 42.0 Å². The number of carbonyl (C=O) groups is 2. The average Bonchev–Trinajstić information content (AvgIpc) is 3.39. The van der Waals surface area contributed by atoms with Crippen molar-refractivity contribution >= 4 is 17.6 Å². The van der Waals surface area contributed by atoms with Gasteiger partial charge in [0.1, 0.15) is 5.54 Å². The van der Waals surface area contributed by atoms with Crippen LogP contribution < -0.4 is 10.6 Å². The molecule has 1 atom stereocenters. The van der Waals surface area contributed by atoms with Gasteiger partial charge in [-0.05, 0) is 37.8 Å². The molecule has 1 aliphatic carbocycles. The van der Waals surface area contributed by atoms with Crippen molar-refractivity contribution in [1.82, 2.24) is 20.4 Å². The van der Waals surface area contributed by atoms with E-state index in [1.807, 2.05) is 30.3 Å². The van der Waals surface area contributed by atoms with Crippen LogP contribution in [0.15, 0.2) is 34.9 Å². The standard InChI is InChI=1S/C21H27N5O3/c1-15-22-19(25-29-15)21(11-5-6-12-21)24-18(27)16-8-7-13-26(14-16)20(28)23-17-9-3-2-4-10-17/h2-4,9-10,16H,5-8,11-14H2,1H3,(H,23,28)(H,24,27). The van der Waals surface area contributed by atoms with Crippen LogP contribution in [0.1, 0.15) is 50.2 Å². The molecule has 4 rings (SSSR count). The predicted molar refractivity (Wildman–Crippen MR) is 107 cm³/mol. The Kier molecular flexibility index (Phi) is 5.51. The number of likely N-dealkylation sites (tertiary alicyclic amines) is 1. The van der Waals surface area contributed by atoms with Crippen molar-refractivity contribution in [2.75, 3.05) is 18.4 Å². The molecule has 1 aromatic heterocycles. The zero-order valence-electron chi connectivity index (χ0n) is 16.7. The van der Waals surface area contributed by atoms with Crippen LogP contribution in [0, 0.1) is 12.8 Å². The summed E-state index contributed by atoms with van der Waals surface area (Å²) in [5.74, 6) is 0.791. The third-order valence-corrected chi connectivity index (χ3v) is 5.88. The molecule has 1 unspecified atom stereocenters. The minimum absolute atomic E-state index is 0.0356. The summed E-state index contributed by atoms with van der Waals surface area (Å²) in [7, 11) is 0. The number of amides is 3. The van der Waals surface area contributed by atoms with Gasteiger partial charge in [0, 0.05) is 25.7 Å². The van der Waals surface area contributed by atoms with Crippen LogP contribution in [0.3, 0.4) is 0 Å². The van der Waals surface area contributed by atoms with Gasteiger partial charge in [-0.25, -0.2) is 4.79 Å². The zero-order valence-corrected chi connectivity index (χ0v) is 16.7. The summed E-state index contributed by atoms with van der Waals surface area (Å²) < 4.78 is 5.16. The molecule has 0 spiro atoms. The van der Waals surface area contributed by atoms with Crippen molar-refractivity contribution in [2.24, 2.45) is 5.92 Å². The van der Waals surface area contributed by atoms with E-state index in [9.17, 15) is 9.59 Å². The molecule has 8 nitrogen and oxygen atoms in total. The fourth-order valence-electron chi connectivity index (χ4n) is 4.31. The number of aryl methyl sites for hydroxylation is 1. The molecule has 1 aliphatic heterocycles. The van der Waals surface area contributed by atoms with E-state index in [0.717, 1.165) is 44.2 Å². The fraction of sp³-hybridized carbons (Fsp3) is 0.524. The van der Waals surface area contributed by atoms with Crippen LogP contribution in [-0.2, 0) is 10.3 Å². The first-order chi connectivity index (χ1) is 14.1. The van der Waals surface area contributed by atoms with Crippen LogP contribution in [-0.4, -0.2) is 40.1 Å². The predicted octanol–water partition coefficient (Wildman–Crippen LogP) is 3.21. The van der Waals surface area contributed by atoms with Gasteiger partial charge in [0.2, 0.25) is 11.8 Å². The number of piperidine rings is 1. The average molecular weight is 397 g/mol. The number of rotatable bonds is 4. The summed E-state index contributed by atoms with van der Waals surface area (Å²) >= 11 is 0. The molecule has 0 bridgehead atoms. The largest absolute Gasteiger partial charge is 0.343 e. The lowest BCUT2D eigenvalue weighted by molar-refractivity contribution is -0.128. The molecule has 0 radical (unpaired) electrons. The number of urea groups is 1. The molecular formula is C21H27N5O3. The smallest absolute Gasteiger partial charge is 0.321 e. The Morgan fingerprint density at radius 2 is 1.93 bits per heavy atom. The van der Waals surface area contributed by atoms with E-state index >= 15 is 0 Å². The first kappa shape index (κ1) is 19.4. The third kappa shape index (κ3) is 4.26. The van der Waals surface area contributed by atoms with Crippen LogP contribution >= 0.6 is 0 Å². The van der Waals surface area contributed by atoms with Crippen LogP contribution in [0.4, 0.5) is 10.5 Å². The minimum atomic E-state index is -0.552. The maximum atomic E-state index is 13.1. The summed E-state index contributed by atoms with van der Waals surface area (Å²) in [6.07, 6.45) is 5.22. The second kappa shape index (κ2) is 8.23. The van der Waals surface area contributed by atoms with Crippen LogP contribution in [0.2, 0.25) is 0 Å². The molecule has 3 amide bonds. The van der Waals surface area contributed by atoms with Crippen molar-refractivity contribution in [3.8, 4) is 0 Å². The Bertz CT molecular complexity index is 860. The molecule has 2 aromatic rings. The molecule has 2 fully saturated rings. The highest BCUT2D eigenvalue weighted by Gasteiger charge is 2.43. The maximum Gasteiger partial charge on any atom is 0.321 e. The molecule has 1 saturated carbocycles. The number of hydrogen-bond donors (Lipinski definition) is 2. The Hall–Kier alpha value is -2.90. The van der Waals surface area contributed by atoms with Gasteiger partial charge in [-0.3, -0.25) is 4.79 Å². The van der Waals surface area contributed by atoms with E-state index < -0.39 is 5.54 Å². The monoisotopic (exact) mass is 397 g/mol. The van der Waals surface area contributed by atoms with E-state index in [0.29, 0.717) is 24.8 Å². The molecule has 2 aliphatic rings. The molecular weight excluding hydrogens is 370 g/mol. The lowest BCUT2D eigenvalue weighted by Gasteiger charge is -2.34. The molecule has 8 heteroatoms. The number of hydrogen-bond acceptors (Lipinski definition) is 5. The van der Waals surface area contributed by atoms with E-state index in [1.54, 1.807) is 11.8 Å². The van der Waals surface area contributed by atoms with Crippen molar-refractivity contribution < 1.29 is 14.1 Å². The molecule has 2 N–H and O–H groups in total. The van der Waals surface area contributed by atoms with Gasteiger partial charge in [0.25, 0.3) is 0 Å². The maximum absolute atomic E-state index is 13.1. The third-order valence-electron chi connectivity index (χ3n) is 5.88. The first-order valence-electron chi connectivity index (χ1n) is 10.3. The molecule has 29 heavy (non-hydrogen) atoms. The number of nitrogens with one attached hydrogen (secondary N) is 2. The summed E-state index contributed by atoms with van der Waals surface area (Å²) in [6.45, 7) is 2.81. The number of aromatic nitrogens is 2. The van der Waals surface area contributed by atoms with Crippen LogP contribution in [0.5, 0.6) is 0 Å². The van der Waals surface area contributed by atoms with Gasteiger partial charge in [0.05, 0.1) is 5.92 Å². The number of anilines is 1. The number of para-hydroxylation sites is 1. The first-order valence-corrected chi connectivity index (χ1v) is 10.3. The molecule has 2 heterocycles. The number of benzene rings is 1. The summed E-state index contributed by atoms with van der Waals surface area (Å²) in [6, 6.07) is 9.19. The minimum Gasteiger partial charge on any atom is -0.343 e. The van der Waals surface area contributed by atoms with E-state index in [4.69, 9.17) is 4.52 Å². The molecule has 1 aromatic carbocycles. The fourth-order valence-corrected chi connectivity index (χ4v) is 4.31. The Morgan fingerprint density at radius 3 is 2.62 bits per heavy atom. The highest BCUT2D eigenvalue weighted by Crippen LogP contribution is 2.37. The highest BCUT2D eigenvalue weighted by molar-refractivity contribution is 5.90. The van der Waals surface area contributed by atoms with Crippen molar-refractivity contribution in [1.29, 1.82) is 0 Å². The van der Waals surface area contributed by atoms with Gasteiger partial charge in [-0.15, -0.1) is 0 Å². The molecule has 1 saturated heterocycles. The van der Waals surface area contributed by atoms with Gasteiger partial charge in [-0.2, -0.15) is 4.98 Å². The van der Waals surface area contributed by atoms with Crippen molar-refractivity contribution in [3.63, 3.8) is 0 Å². The SMILES string of the molecule is Cc1nc(C2(NC(=O)C3CCCN(C(=O)Nc4ccccc4)C3)CCCC2)no1.